The van der Waals surface area contributed by atoms with E-state index in [4.69, 9.17) is 0 Å². The number of aromatic nitrogens is 1. The van der Waals surface area contributed by atoms with E-state index < -0.39 is 0 Å². The molecule has 1 N–H and O–H groups in total. The first-order chi connectivity index (χ1) is 10.3. The van der Waals surface area contributed by atoms with Crippen LogP contribution in [0.3, 0.4) is 0 Å². The first-order valence-electron chi connectivity index (χ1n) is 6.94. The zero-order chi connectivity index (χ0) is 14.2. The summed E-state index contributed by atoms with van der Waals surface area (Å²) in [6.07, 6.45) is 0. The van der Waals surface area contributed by atoms with Crippen LogP contribution in [0.15, 0.2) is 77.6 Å². The third-order valence-corrected chi connectivity index (χ3v) is 3.84. The van der Waals surface area contributed by atoms with Crippen molar-refractivity contribution < 1.29 is 0 Å². The maximum absolute atomic E-state index is 12.3. The Hall–Kier alpha value is -2.87. The highest BCUT2D eigenvalue weighted by atomic mass is 16.1. The van der Waals surface area contributed by atoms with E-state index in [9.17, 15) is 4.79 Å². The van der Waals surface area contributed by atoms with Gasteiger partial charge in [-0.25, -0.2) is 0 Å². The molecule has 0 aliphatic rings. The lowest BCUT2D eigenvalue weighted by Gasteiger charge is -2.09. The van der Waals surface area contributed by atoms with Crippen molar-refractivity contribution in [2.24, 2.45) is 0 Å². The van der Waals surface area contributed by atoms with Crippen molar-refractivity contribution in [1.82, 2.24) is 4.98 Å². The van der Waals surface area contributed by atoms with Gasteiger partial charge in [0.05, 0.1) is 0 Å². The van der Waals surface area contributed by atoms with Crippen LogP contribution in [-0.4, -0.2) is 4.98 Å². The molecular weight excluding hydrogens is 258 g/mol. The van der Waals surface area contributed by atoms with Crippen molar-refractivity contribution in [3.63, 3.8) is 0 Å². The second-order valence-electron chi connectivity index (χ2n) is 5.09. The average molecular weight is 271 g/mol. The van der Waals surface area contributed by atoms with E-state index in [0.29, 0.717) is 0 Å². The molecule has 0 aliphatic heterocycles. The summed E-state index contributed by atoms with van der Waals surface area (Å²) in [5.41, 5.74) is 3.05. The molecule has 3 aromatic carbocycles. The summed E-state index contributed by atoms with van der Waals surface area (Å²) in [7, 11) is 0. The molecule has 0 atom stereocenters. The summed E-state index contributed by atoms with van der Waals surface area (Å²) in [6, 6.07) is 24.0. The highest BCUT2D eigenvalue weighted by molar-refractivity contribution is 6.12. The number of aromatic amines is 1. The van der Waals surface area contributed by atoms with Gasteiger partial charge in [-0.2, -0.15) is 0 Å². The lowest BCUT2D eigenvalue weighted by Crippen LogP contribution is -2.06. The fraction of sp³-hybridized carbons (Fsp3) is 0. The molecule has 21 heavy (non-hydrogen) atoms. The summed E-state index contributed by atoms with van der Waals surface area (Å²) >= 11 is 0. The fourth-order valence-corrected chi connectivity index (χ4v) is 2.89. The first kappa shape index (κ1) is 11.9. The monoisotopic (exact) mass is 271 g/mol. The van der Waals surface area contributed by atoms with Gasteiger partial charge in [0.2, 0.25) is 0 Å². The normalized spacial score (nSPS) is 11.0. The first-order valence-corrected chi connectivity index (χ1v) is 6.94. The number of pyridine rings is 1. The molecule has 2 nitrogen and oxygen atoms in total. The molecule has 0 fully saturated rings. The van der Waals surface area contributed by atoms with Crippen LogP contribution in [0.2, 0.25) is 0 Å². The van der Waals surface area contributed by atoms with Gasteiger partial charge in [-0.15, -0.1) is 0 Å². The predicted molar refractivity (Wildman–Crippen MR) is 87.5 cm³/mol. The number of benzene rings is 3. The van der Waals surface area contributed by atoms with Crippen LogP contribution < -0.4 is 5.56 Å². The van der Waals surface area contributed by atoms with E-state index in [1.165, 1.54) is 0 Å². The van der Waals surface area contributed by atoms with Gasteiger partial charge >= 0.3 is 0 Å². The molecule has 0 amide bonds. The number of nitrogens with one attached hydrogen (secondary N) is 1. The zero-order valence-corrected chi connectivity index (χ0v) is 11.3. The smallest absolute Gasteiger partial charge is 0.256 e. The van der Waals surface area contributed by atoms with Crippen molar-refractivity contribution >= 4 is 21.7 Å². The van der Waals surface area contributed by atoms with Gasteiger partial charge in [-0.05, 0) is 23.3 Å². The molecule has 100 valence electrons. The van der Waals surface area contributed by atoms with Crippen LogP contribution in [0.4, 0.5) is 0 Å². The van der Waals surface area contributed by atoms with Gasteiger partial charge in [-0.1, -0.05) is 60.7 Å². The number of hydrogen-bond acceptors (Lipinski definition) is 1. The summed E-state index contributed by atoms with van der Waals surface area (Å²) in [5, 5.41) is 2.82. The molecule has 0 unspecified atom stereocenters. The molecule has 1 aromatic heterocycles. The third-order valence-electron chi connectivity index (χ3n) is 3.84. The number of fused-ring (bicyclic) bond motifs is 3. The Morgan fingerprint density at radius 2 is 1.38 bits per heavy atom. The Balaban J connectivity index is 2.25. The van der Waals surface area contributed by atoms with Crippen molar-refractivity contribution in [1.29, 1.82) is 0 Å². The molecule has 2 heteroatoms. The van der Waals surface area contributed by atoms with Gasteiger partial charge in [-0.3, -0.25) is 4.79 Å². The minimum atomic E-state index is -0.0403. The van der Waals surface area contributed by atoms with E-state index in [0.717, 1.165) is 32.8 Å². The van der Waals surface area contributed by atoms with E-state index in [2.05, 4.69) is 29.2 Å². The van der Waals surface area contributed by atoms with Gasteiger partial charge in [0.1, 0.15) is 0 Å². The quantitative estimate of drug-likeness (QED) is 0.513. The van der Waals surface area contributed by atoms with Gasteiger partial charge in [0, 0.05) is 21.7 Å². The van der Waals surface area contributed by atoms with Crippen molar-refractivity contribution in [2.75, 3.05) is 0 Å². The van der Waals surface area contributed by atoms with Crippen LogP contribution in [0.1, 0.15) is 0 Å². The van der Waals surface area contributed by atoms with E-state index in [-0.39, 0.29) is 5.56 Å². The zero-order valence-electron chi connectivity index (χ0n) is 11.3. The van der Waals surface area contributed by atoms with E-state index in [1.807, 2.05) is 48.5 Å². The number of hydrogen-bond donors (Lipinski definition) is 1. The van der Waals surface area contributed by atoms with Gasteiger partial charge < -0.3 is 4.98 Å². The highest BCUT2D eigenvalue weighted by Crippen LogP contribution is 2.31. The van der Waals surface area contributed by atoms with Crippen molar-refractivity contribution in [3.05, 3.63) is 83.2 Å². The fourth-order valence-electron chi connectivity index (χ4n) is 2.89. The summed E-state index contributed by atoms with van der Waals surface area (Å²) < 4.78 is 0. The van der Waals surface area contributed by atoms with E-state index >= 15 is 0 Å². The molecular formula is C19H13NO. The summed E-state index contributed by atoms with van der Waals surface area (Å²) in [6.45, 7) is 0. The Morgan fingerprint density at radius 3 is 2.24 bits per heavy atom. The molecule has 0 aliphatic carbocycles. The van der Waals surface area contributed by atoms with Gasteiger partial charge in [0.25, 0.3) is 5.56 Å². The second kappa shape index (κ2) is 4.60. The molecule has 0 bridgehead atoms. The second-order valence-corrected chi connectivity index (χ2v) is 5.09. The lowest BCUT2D eigenvalue weighted by atomic mass is 9.96. The Bertz CT molecular complexity index is 1000. The van der Waals surface area contributed by atoms with Crippen LogP contribution in [0.25, 0.3) is 32.8 Å². The van der Waals surface area contributed by atoms with Gasteiger partial charge in [0.15, 0.2) is 0 Å². The molecule has 4 aromatic rings. The number of H-pyrrole nitrogens is 1. The molecule has 0 spiro atoms. The average Bonchev–Trinajstić information content (AvgIpc) is 2.55. The predicted octanol–water partition coefficient (Wildman–Crippen LogP) is 4.35. The van der Waals surface area contributed by atoms with Crippen LogP contribution >= 0.6 is 0 Å². The maximum Gasteiger partial charge on any atom is 0.256 e. The largest absolute Gasteiger partial charge is 0.321 e. The summed E-state index contributed by atoms with van der Waals surface area (Å²) in [5.74, 6) is 0. The highest BCUT2D eigenvalue weighted by Gasteiger charge is 2.10. The topological polar surface area (TPSA) is 32.9 Å². The number of rotatable bonds is 1. The van der Waals surface area contributed by atoms with Crippen molar-refractivity contribution in [2.45, 2.75) is 0 Å². The third kappa shape index (κ3) is 1.84. The molecule has 0 saturated heterocycles. The summed E-state index contributed by atoms with van der Waals surface area (Å²) in [4.78, 5) is 15.3. The maximum atomic E-state index is 12.3. The minimum Gasteiger partial charge on any atom is -0.321 e. The molecule has 4 rings (SSSR count). The minimum absolute atomic E-state index is 0.0403. The van der Waals surface area contributed by atoms with E-state index in [1.54, 1.807) is 0 Å². The van der Waals surface area contributed by atoms with Crippen LogP contribution in [0.5, 0.6) is 0 Å². The Morgan fingerprint density at radius 1 is 0.667 bits per heavy atom. The molecule has 0 saturated carbocycles. The van der Waals surface area contributed by atoms with Crippen molar-refractivity contribution in [3.8, 4) is 11.1 Å². The van der Waals surface area contributed by atoms with Crippen LogP contribution in [-0.2, 0) is 0 Å². The Kier molecular flexibility index (Phi) is 2.61. The SMILES string of the molecule is O=c1[nH]c2ccccc2c2c(-c3ccccc3)cccc12. The standard InChI is InChI=1S/C19H13NO/c21-19-16-11-6-10-14(13-7-2-1-3-8-13)18(16)15-9-4-5-12-17(15)20-19/h1-12H,(H,20,21). The van der Waals surface area contributed by atoms with Crippen LogP contribution in [0, 0.1) is 0 Å². The Labute approximate surface area is 121 Å². The lowest BCUT2D eigenvalue weighted by molar-refractivity contribution is 1.34. The molecule has 1 heterocycles. The molecule has 0 radical (unpaired) electrons. The number of para-hydroxylation sites is 1.